The molecule has 0 atom stereocenters. The van der Waals surface area contributed by atoms with Gasteiger partial charge in [0.1, 0.15) is 5.82 Å². The van der Waals surface area contributed by atoms with E-state index in [2.05, 4.69) is 62.8 Å². The average Bonchev–Trinajstić information content (AvgIpc) is 2.82. The molecule has 1 heterocycles. The number of nitrogens with zero attached hydrogens (tertiary/aromatic N) is 2. The van der Waals surface area contributed by atoms with Crippen molar-refractivity contribution in [3.05, 3.63) is 45.0 Å². The average molecular weight is 413 g/mol. The number of anilines is 1. The lowest BCUT2D eigenvalue weighted by Crippen LogP contribution is -2.27. The highest BCUT2D eigenvalue weighted by molar-refractivity contribution is 9.10. The van der Waals surface area contributed by atoms with E-state index in [4.69, 9.17) is 16.7 Å². The summed E-state index contributed by atoms with van der Waals surface area (Å²) in [5.41, 5.74) is 0.995. The van der Waals surface area contributed by atoms with Gasteiger partial charge in [0.25, 0.3) is 5.91 Å². The number of hydrogen-bond acceptors (Lipinski definition) is 2. The first-order chi connectivity index (χ1) is 10.9. The zero-order valence-electron chi connectivity index (χ0n) is 14.9. The van der Waals surface area contributed by atoms with Gasteiger partial charge in [-0.15, -0.1) is 0 Å². The molecule has 0 radical (unpaired) electrons. The summed E-state index contributed by atoms with van der Waals surface area (Å²) in [4.78, 5) is 12.6. The van der Waals surface area contributed by atoms with E-state index in [1.807, 2.05) is 10.7 Å². The summed E-state index contributed by atoms with van der Waals surface area (Å²) < 4.78 is 2.68. The van der Waals surface area contributed by atoms with Crippen LogP contribution < -0.4 is 5.32 Å². The van der Waals surface area contributed by atoms with Crippen molar-refractivity contribution in [2.24, 2.45) is 0 Å². The van der Waals surface area contributed by atoms with Crippen LogP contribution in [-0.2, 0) is 11.0 Å². The van der Waals surface area contributed by atoms with Gasteiger partial charge in [0.05, 0.1) is 21.8 Å². The van der Waals surface area contributed by atoms with E-state index in [9.17, 15) is 4.79 Å². The Morgan fingerprint density at radius 2 is 1.79 bits per heavy atom. The van der Waals surface area contributed by atoms with Gasteiger partial charge >= 0.3 is 0 Å². The van der Waals surface area contributed by atoms with Crippen LogP contribution in [0.4, 0.5) is 5.82 Å². The summed E-state index contributed by atoms with van der Waals surface area (Å²) in [6.07, 6.45) is 0. The third kappa shape index (κ3) is 4.19. The first-order valence-electron chi connectivity index (χ1n) is 7.77. The van der Waals surface area contributed by atoms with Crippen LogP contribution in [0.5, 0.6) is 0 Å². The molecule has 0 saturated heterocycles. The second kappa shape index (κ2) is 6.52. The van der Waals surface area contributed by atoms with Crippen molar-refractivity contribution in [2.75, 3.05) is 5.32 Å². The van der Waals surface area contributed by atoms with E-state index in [1.54, 1.807) is 18.2 Å². The van der Waals surface area contributed by atoms with E-state index in [0.717, 1.165) is 10.2 Å². The Morgan fingerprint density at radius 1 is 1.17 bits per heavy atom. The molecule has 0 unspecified atom stereocenters. The van der Waals surface area contributed by atoms with Crippen molar-refractivity contribution in [2.45, 2.75) is 52.5 Å². The van der Waals surface area contributed by atoms with Crippen molar-refractivity contribution in [3.8, 4) is 0 Å². The topological polar surface area (TPSA) is 46.9 Å². The quantitative estimate of drug-likeness (QED) is 0.697. The molecule has 0 aliphatic carbocycles. The third-order valence-electron chi connectivity index (χ3n) is 3.53. The minimum Gasteiger partial charge on any atom is -0.307 e. The molecule has 1 aromatic heterocycles. The normalized spacial score (nSPS) is 12.3. The van der Waals surface area contributed by atoms with Crippen LogP contribution in [-0.4, -0.2) is 15.7 Å². The minimum atomic E-state index is -0.254. The molecule has 130 valence electrons. The lowest BCUT2D eigenvalue weighted by atomic mass is 9.92. The van der Waals surface area contributed by atoms with Crippen LogP contribution in [0.15, 0.2) is 28.7 Å². The minimum absolute atomic E-state index is 0.106. The fourth-order valence-corrected chi connectivity index (χ4v) is 2.96. The van der Waals surface area contributed by atoms with Crippen LogP contribution in [0.1, 0.15) is 57.6 Å². The van der Waals surface area contributed by atoms with E-state index >= 15 is 0 Å². The van der Waals surface area contributed by atoms with Crippen molar-refractivity contribution in [3.63, 3.8) is 0 Å². The highest BCUT2D eigenvalue weighted by atomic mass is 79.9. The molecule has 0 spiro atoms. The molecule has 24 heavy (non-hydrogen) atoms. The number of aromatic nitrogens is 2. The van der Waals surface area contributed by atoms with Crippen LogP contribution in [0.25, 0.3) is 0 Å². The zero-order chi connectivity index (χ0) is 18.3. The Morgan fingerprint density at radius 3 is 2.29 bits per heavy atom. The predicted molar refractivity (Wildman–Crippen MR) is 103 cm³/mol. The molecular weight excluding hydrogens is 390 g/mol. The number of carbonyl (C=O) groups is 1. The first-order valence-corrected chi connectivity index (χ1v) is 8.94. The Kier molecular flexibility index (Phi) is 5.17. The lowest BCUT2D eigenvalue weighted by Gasteiger charge is -2.23. The largest absolute Gasteiger partial charge is 0.307 e. The number of nitrogens with one attached hydrogen (secondary N) is 1. The van der Waals surface area contributed by atoms with Crippen LogP contribution in [0.3, 0.4) is 0 Å². The van der Waals surface area contributed by atoms with Crippen LogP contribution in [0, 0.1) is 0 Å². The van der Waals surface area contributed by atoms with Crippen molar-refractivity contribution in [1.82, 2.24) is 9.78 Å². The van der Waals surface area contributed by atoms with Crippen LogP contribution in [0.2, 0.25) is 5.02 Å². The Labute approximate surface area is 156 Å². The summed E-state index contributed by atoms with van der Waals surface area (Å²) in [6.45, 7) is 12.4. The number of hydrogen-bond donors (Lipinski definition) is 1. The van der Waals surface area contributed by atoms with Gasteiger partial charge in [-0.05, 0) is 39.0 Å². The number of rotatable bonds is 2. The van der Waals surface area contributed by atoms with E-state index in [-0.39, 0.29) is 16.9 Å². The second-order valence-corrected chi connectivity index (χ2v) is 9.15. The van der Waals surface area contributed by atoms with Crippen LogP contribution >= 0.6 is 27.5 Å². The summed E-state index contributed by atoms with van der Waals surface area (Å²) >= 11 is 9.53. The Balaban J connectivity index is 2.41. The van der Waals surface area contributed by atoms with Gasteiger partial charge < -0.3 is 5.32 Å². The van der Waals surface area contributed by atoms with Gasteiger partial charge in [0.2, 0.25) is 0 Å². The monoisotopic (exact) mass is 411 g/mol. The molecule has 1 aromatic carbocycles. The zero-order valence-corrected chi connectivity index (χ0v) is 17.2. The number of halogens is 2. The molecule has 6 heteroatoms. The fourth-order valence-electron chi connectivity index (χ4n) is 2.21. The van der Waals surface area contributed by atoms with E-state index in [1.165, 1.54) is 0 Å². The second-order valence-electron chi connectivity index (χ2n) is 7.83. The van der Waals surface area contributed by atoms with E-state index < -0.39 is 0 Å². The smallest absolute Gasteiger partial charge is 0.258 e. The molecule has 0 aliphatic rings. The standard InChI is InChI=1S/C18H23BrClN3O/c1-17(2,3)14-10-15(23(22-14)18(4,5)6)21-16(24)12-8-7-11(19)9-13(12)20/h7-10H,1-6H3,(H,21,24). The van der Waals surface area contributed by atoms with Gasteiger partial charge in [-0.3, -0.25) is 4.79 Å². The van der Waals surface area contributed by atoms with Gasteiger partial charge in [-0.2, -0.15) is 5.10 Å². The van der Waals surface area contributed by atoms with Gasteiger partial charge in [0.15, 0.2) is 0 Å². The summed E-state index contributed by atoms with van der Waals surface area (Å²) in [5, 5.41) is 8.05. The molecule has 0 fully saturated rings. The first kappa shape index (κ1) is 19.0. The van der Waals surface area contributed by atoms with Crippen molar-refractivity contribution >= 4 is 39.3 Å². The maximum absolute atomic E-state index is 12.6. The summed E-state index contributed by atoms with van der Waals surface area (Å²) in [7, 11) is 0. The molecule has 0 bridgehead atoms. The number of carbonyl (C=O) groups excluding carboxylic acids is 1. The predicted octanol–water partition coefficient (Wildman–Crippen LogP) is 5.60. The molecule has 1 N–H and O–H groups in total. The molecule has 1 amide bonds. The maximum Gasteiger partial charge on any atom is 0.258 e. The third-order valence-corrected chi connectivity index (χ3v) is 4.34. The number of benzene rings is 1. The van der Waals surface area contributed by atoms with Gasteiger partial charge in [-0.25, -0.2) is 4.68 Å². The Bertz CT molecular complexity index is 770. The SMILES string of the molecule is CC(C)(C)c1cc(NC(=O)c2ccc(Br)cc2Cl)n(C(C)(C)C)n1. The Hall–Kier alpha value is -1.33. The molecule has 0 aliphatic heterocycles. The summed E-state index contributed by atoms with van der Waals surface area (Å²) in [6, 6.07) is 7.13. The molecule has 4 nitrogen and oxygen atoms in total. The highest BCUT2D eigenvalue weighted by Gasteiger charge is 2.26. The molecular formula is C18H23BrClN3O. The maximum atomic E-state index is 12.6. The van der Waals surface area contributed by atoms with Gasteiger partial charge in [0, 0.05) is 16.0 Å². The highest BCUT2D eigenvalue weighted by Crippen LogP contribution is 2.29. The molecule has 2 aromatic rings. The van der Waals surface area contributed by atoms with E-state index in [0.29, 0.717) is 16.4 Å². The van der Waals surface area contributed by atoms with Crippen molar-refractivity contribution in [1.29, 1.82) is 0 Å². The van der Waals surface area contributed by atoms with Crippen molar-refractivity contribution < 1.29 is 4.79 Å². The molecule has 2 rings (SSSR count). The number of amides is 1. The van der Waals surface area contributed by atoms with Gasteiger partial charge in [-0.1, -0.05) is 48.3 Å². The summed E-state index contributed by atoms with van der Waals surface area (Å²) in [5.74, 6) is 0.412. The fraction of sp³-hybridized carbons (Fsp3) is 0.444. The lowest BCUT2D eigenvalue weighted by molar-refractivity contribution is 0.102. The molecule has 0 saturated carbocycles.